The molecule has 0 amide bonds. The van der Waals surface area contributed by atoms with Crippen LogP contribution >= 0.6 is 23.2 Å². The van der Waals surface area contributed by atoms with Gasteiger partial charge in [-0.15, -0.1) is 0 Å². The lowest BCUT2D eigenvalue weighted by Gasteiger charge is -2.14. The summed E-state index contributed by atoms with van der Waals surface area (Å²) in [7, 11) is 1.62. The Morgan fingerprint density at radius 2 is 1.70 bits per heavy atom. The van der Waals surface area contributed by atoms with E-state index in [-0.39, 0.29) is 5.82 Å². The maximum Gasteiger partial charge on any atom is 0.341 e. The molecule has 3 aromatic carbocycles. The molecule has 0 aliphatic carbocycles. The van der Waals surface area contributed by atoms with Crippen LogP contribution < -0.4 is 4.74 Å². The summed E-state index contributed by atoms with van der Waals surface area (Å²) in [4.78, 5) is 10.7. The van der Waals surface area contributed by atoms with Gasteiger partial charge in [0.15, 0.2) is 6.61 Å². The Hall–Kier alpha value is -2.60. The van der Waals surface area contributed by atoms with Crippen molar-refractivity contribution in [3.63, 3.8) is 0 Å². The fraction of sp³-hybridized carbons (Fsp3) is 0.174. The molecule has 0 aromatic heterocycles. The van der Waals surface area contributed by atoms with E-state index in [1.807, 2.05) is 18.2 Å². The highest BCUT2D eigenvalue weighted by molar-refractivity contribution is 6.36. The Balaban J connectivity index is 1.92. The Bertz CT molecular complexity index is 1030. The minimum absolute atomic E-state index is 0.290. The van der Waals surface area contributed by atoms with Gasteiger partial charge in [-0.3, -0.25) is 0 Å². The van der Waals surface area contributed by atoms with Gasteiger partial charge in [0.25, 0.3) is 0 Å². The Kier molecular flexibility index (Phi) is 7.32. The zero-order chi connectivity index (χ0) is 21.7. The number of halogens is 3. The average Bonchev–Trinajstić information content (AvgIpc) is 2.71. The number of ether oxygens (including phenoxy) is 2. The van der Waals surface area contributed by atoms with Crippen LogP contribution in [0.2, 0.25) is 10.0 Å². The first-order valence-corrected chi connectivity index (χ1v) is 9.82. The van der Waals surface area contributed by atoms with E-state index < -0.39 is 12.6 Å². The van der Waals surface area contributed by atoms with Crippen molar-refractivity contribution in [3.05, 3.63) is 87.2 Å². The number of carboxylic acid groups (broad SMARTS) is 1. The highest BCUT2D eigenvalue weighted by Crippen LogP contribution is 2.34. The van der Waals surface area contributed by atoms with Gasteiger partial charge in [-0.2, -0.15) is 0 Å². The number of carbonyl (C=O) groups is 1. The van der Waals surface area contributed by atoms with E-state index in [2.05, 4.69) is 0 Å². The van der Waals surface area contributed by atoms with Gasteiger partial charge in [0.1, 0.15) is 11.6 Å². The van der Waals surface area contributed by atoms with Gasteiger partial charge in [0, 0.05) is 23.6 Å². The van der Waals surface area contributed by atoms with Crippen molar-refractivity contribution in [2.24, 2.45) is 0 Å². The summed E-state index contributed by atoms with van der Waals surface area (Å²) >= 11 is 12.8. The Morgan fingerprint density at radius 3 is 2.30 bits per heavy atom. The molecule has 0 saturated heterocycles. The fourth-order valence-electron chi connectivity index (χ4n) is 3.09. The Morgan fingerprint density at radius 1 is 1.03 bits per heavy atom. The minimum Gasteiger partial charge on any atom is -0.482 e. The molecule has 7 heteroatoms. The van der Waals surface area contributed by atoms with Crippen LogP contribution in [0, 0.1) is 5.82 Å². The van der Waals surface area contributed by atoms with E-state index in [1.54, 1.807) is 31.4 Å². The van der Waals surface area contributed by atoms with Gasteiger partial charge in [-0.1, -0.05) is 53.5 Å². The van der Waals surface area contributed by atoms with Gasteiger partial charge in [0.2, 0.25) is 0 Å². The molecule has 0 bridgehead atoms. The monoisotopic (exact) mass is 448 g/mol. The SMILES string of the molecule is COCc1ccc(Cc2c(Cl)cc(OCC(=O)O)cc2Cl)cc1-c1ccc(F)cc1. The van der Waals surface area contributed by atoms with Gasteiger partial charge < -0.3 is 14.6 Å². The molecular weight excluding hydrogens is 430 g/mol. The molecule has 0 radical (unpaired) electrons. The van der Waals surface area contributed by atoms with Crippen molar-refractivity contribution in [3.8, 4) is 16.9 Å². The second-order valence-electron chi connectivity index (χ2n) is 6.66. The van der Waals surface area contributed by atoms with Gasteiger partial charge in [-0.05, 0) is 52.1 Å². The fourth-order valence-corrected chi connectivity index (χ4v) is 3.69. The first-order valence-electron chi connectivity index (χ1n) is 9.06. The third-order valence-corrected chi connectivity index (χ3v) is 5.16. The van der Waals surface area contributed by atoms with Crippen LogP contribution in [0.25, 0.3) is 11.1 Å². The predicted molar refractivity (Wildman–Crippen MR) is 115 cm³/mol. The van der Waals surface area contributed by atoms with E-state index >= 15 is 0 Å². The molecule has 0 fully saturated rings. The first-order chi connectivity index (χ1) is 14.4. The van der Waals surface area contributed by atoms with E-state index in [0.29, 0.717) is 34.4 Å². The number of aliphatic carboxylic acids is 1. The maximum absolute atomic E-state index is 13.3. The normalized spacial score (nSPS) is 10.8. The van der Waals surface area contributed by atoms with Crippen molar-refractivity contribution in [1.29, 1.82) is 0 Å². The van der Waals surface area contributed by atoms with Crippen molar-refractivity contribution in [2.75, 3.05) is 13.7 Å². The maximum atomic E-state index is 13.3. The minimum atomic E-state index is -1.09. The molecule has 0 atom stereocenters. The molecule has 0 aliphatic rings. The second kappa shape index (κ2) is 9.94. The molecule has 0 saturated carbocycles. The van der Waals surface area contributed by atoms with Gasteiger partial charge in [-0.25, -0.2) is 9.18 Å². The third kappa shape index (κ3) is 5.51. The zero-order valence-corrected chi connectivity index (χ0v) is 17.6. The zero-order valence-electron chi connectivity index (χ0n) is 16.1. The summed E-state index contributed by atoms with van der Waals surface area (Å²) in [5.74, 6) is -1.10. The molecule has 3 aromatic rings. The number of hydrogen-bond donors (Lipinski definition) is 1. The molecule has 156 valence electrons. The van der Waals surface area contributed by atoms with Crippen molar-refractivity contribution in [2.45, 2.75) is 13.0 Å². The first kappa shape index (κ1) is 22.1. The molecule has 0 heterocycles. The van der Waals surface area contributed by atoms with Crippen LogP contribution in [0.3, 0.4) is 0 Å². The summed E-state index contributed by atoms with van der Waals surface area (Å²) in [5, 5.41) is 9.50. The molecule has 0 unspecified atom stereocenters. The summed E-state index contributed by atoms with van der Waals surface area (Å²) in [5.41, 5.74) is 4.44. The number of methoxy groups -OCH3 is 1. The van der Waals surface area contributed by atoms with Crippen LogP contribution in [-0.2, 0) is 22.6 Å². The summed E-state index contributed by atoms with van der Waals surface area (Å²) in [6, 6.07) is 15.3. The molecule has 0 aliphatic heterocycles. The largest absolute Gasteiger partial charge is 0.482 e. The van der Waals surface area contributed by atoms with E-state index in [4.69, 9.17) is 37.8 Å². The molecule has 1 N–H and O–H groups in total. The van der Waals surface area contributed by atoms with Gasteiger partial charge in [0.05, 0.1) is 6.61 Å². The molecular formula is C23H19Cl2FO4. The number of benzene rings is 3. The van der Waals surface area contributed by atoms with Crippen LogP contribution in [0.5, 0.6) is 5.75 Å². The molecule has 3 rings (SSSR count). The van der Waals surface area contributed by atoms with Crippen molar-refractivity contribution < 1.29 is 23.8 Å². The lowest BCUT2D eigenvalue weighted by atomic mass is 9.95. The molecule has 30 heavy (non-hydrogen) atoms. The molecule has 4 nitrogen and oxygen atoms in total. The van der Waals surface area contributed by atoms with Crippen molar-refractivity contribution in [1.82, 2.24) is 0 Å². The Labute approximate surface area is 183 Å². The van der Waals surface area contributed by atoms with Crippen LogP contribution in [0.4, 0.5) is 4.39 Å². The predicted octanol–water partition coefficient (Wildman–Crippen LogP) is 6.00. The summed E-state index contributed by atoms with van der Waals surface area (Å²) < 4.78 is 23.8. The van der Waals surface area contributed by atoms with Crippen LogP contribution in [0.1, 0.15) is 16.7 Å². The lowest BCUT2D eigenvalue weighted by Crippen LogP contribution is -2.09. The third-order valence-electron chi connectivity index (χ3n) is 4.49. The quantitative estimate of drug-likeness (QED) is 0.458. The second-order valence-corrected chi connectivity index (χ2v) is 7.47. The van der Waals surface area contributed by atoms with Crippen molar-refractivity contribution >= 4 is 29.2 Å². The average molecular weight is 449 g/mol. The lowest BCUT2D eigenvalue weighted by molar-refractivity contribution is -0.139. The molecule has 0 spiro atoms. The van der Waals surface area contributed by atoms with Gasteiger partial charge >= 0.3 is 5.97 Å². The standard InChI is InChI=1S/C23H19Cl2FO4/c1-29-12-16-3-2-14(8-19(16)15-4-6-17(26)7-5-15)9-20-21(24)10-18(11-22(20)25)30-13-23(27)28/h2-8,10-11H,9,12-13H2,1H3,(H,27,28). The summed E-state index contributed by atoms with van der Waals surface area (Å²) in [6.07, 6.45) is 0.457. The van der Waals surface area contributed by atoms with Crippen LogP contribution in [0.15, 0.2) is 54.6 Å². The summed E-state index contributed by atoms with van der Waals surface area (Å²) in [6.45, 7) is -0.0574. The number of hydrogen-bond acceptors (Lipinski definition) is 3. The van der Waals surface area contributed by atoms with E-state index in [1.165, 1.54) is 12.1 Å². The smallest absolute Gasteiger partial charge is 0.341 e. The highest BCUT2D eigenvalue weighted by atomic mass is 35.5. The highest BCUT2D eigenvalue weighted by Gasteiger charge is 2.13. The van der Waals surface area contributed by atoms with E-state index in [0.717, 1.165) is 22.3 Å². The van der Waals surface area contributed by atoms with E-state index in [9.17, 15) is 9.18 Å². The topological polar surface area (TPSA) is 55.8 Å². The number of carboxylic acids is 1. The number of rotatable bonds is 8. The van der Waals surface area contributed by atoms with Crippen LogP contribution in [-0.4, -0.2) is 24.8 Å².